The molecule has 3 saturated carbocycles. The average molecular weight is 420 g/mol. The van der Waals surface area contributed by atoms with E-state index in [1.54, 1.807) is 4.90 Å². The van der Waals surface area contributed by atoms with Crippen LogP contribution >= 0.6 is 0 Å². The number of aliphatic hydroxyl groups is 2. The molecule has 0 aliphatic heterocycles. The molecule has 3 rings (SSSR count). The third-order valence-electron chi connectivity index (χ3n) is 7.62. The Labute approximate surface area is 182 Å². The fraction of sp³-hybridized carbons (Fsp3) is 0.800. The standard InChI is InChI=1S/C25H41NO4/c1-25(2,3)26(4)24(29)16-30-12-11-17-13-19-15-23(28)20(21(19)14-17)9-10-22(27)18-7-5-6-8-18/h9-11,18-23,27-28H,5-8,12-16H2,1-4H3/t19-,20+,21-,22+,23+/m0/s1. The van der Waals surface area contributed by atoms with Crippen molar-refractivity contribution >= 4 is 5.91 Å². The molecule has 170 valence electrons. The first-order chi connectivity index (χ1) is 14.2. The molecule has 30 heavy (non-hydrogen) atoms. The van der Waals surface area contributed by atoms with Crippen molar-refractivity contribution in [3.8, 4) is 0 Å². The van der Waals surface area contributed by atoms with Crippen LogP contribution in [0.2, 0.25) is 0 Å². The molecular weight excluding hydrogens is 378 g/mol. The lowest BCUT2D eigenvalue weighted by Crippen LogP contribution is -2.44. The number of amides is 1. The van der Waals surface area contributed by atoms with Crippen LogP contribution in [-0.4, -0.2) is 59.0 Å². The minimum Gasteiger partial charge on any atom is -0.392 e. The molecule has 3 aliphatic rings. The van der Waals surface area contributed by atoms with E-state index in [0.29, 0.717) is 24.4 Å². The van der Waals surface area contributed by atoms with Crippen LogP contribution in [0, 0.1) is 23.7 Å². The molecule has 5 atom stereocenters. The molecule has 3 fully saturated rings. The Balaban J connectivity index is 1.47. The minimum absolute atomic E-state index is 0.00154. The summed E-state index contributed by atoms with van der Waals surface area (Å²) in [6.45, 7) is 6.60. The highest BCUT2D eigenvalue weighted by molar-refractivity contribution is 5.77. The van der Waals surface area contributed by atoms with Crippen LogP contribution in [0.25, 0.3) is 0 Å². The molecule has 1 amide bonds. The van der Waals surface area contributed by atoms with Gasteiger partial charge in [0.15, 0.2) is 0 Å². The number of ether oxygens (including phenoxy) is 1. The molecule has 0 radical (unpaired) electrons. The molecule has 5 nitrogen and oxygen atoms in total. The van der Waals surface area contributed by atoms with Crippen molar-refractivity contribution in [1.29, 1.82) is 0 Å². The van der Waals surface area contributed by atoms with Gasteiger partial charge in [0.2, 0.25) is 5.91 Å². The first-order valence-corrected chi connectivity index (χ1v) is 11.7. The Morgan fingerprint density at radius 1 is 1.27 bits per heavy atom. The predicted octanol–water partition coefficient (Wildman–Crippen LogP) is 3.70. The monoisotopic (exact) mass is 419 g/mol. The molecule has 0 aromatic carbocycles. The highest BCUT2D eigenvalue weighted by Gasteiger charge is 2.45. The van der Waals surface area contributed by atoms with Crippen molar-refractivity contribution in [3.05, 3.63) is 23.8 Å². The van der Waals surface area contributed by atoms with Crippen molar-refractivity contribution in [2.75, 3.05) is 20.3 Å². The second kappa shape index (κ2) is 9.97. The fourth-order valence-corrected chi connectivity index (χ4v) is 5.43. The molecule has 3 aliphatic carbocycles. The molecule has 0 heterocycles. The number of aliphatic hydroxyl groups excluding tert-OH is 2. The number of allylic oxidation sites excluding steroid dienone is 1. The summed E-state index contributed by atoms with van der Waals surface area (Å²) in [5.41, 5.74) is 1.18. The second-order valence-corrected chi connectivity index (χ2v) is 10.6. The van der Waals surface area contributed by atoms with Gasteiger partial charge in [0, 0.05) is 18.5 Å². The normalized spacial score (nSPS) is 32.3. The van der Waals surface area contributed by atoms with Gasteiger partial charge >= 0.3 is 0 Å². The van der Waals surface area contributed by atoms with E-state index in [1.165, 1.54) is 18.4 Å². The molecular formula is C25H41NO4. The highest BCUT2D eigenvalue weighted by atomic mass is 16.5. The maximum absolute atomic E-state index is 12.2. The van der Waals surface area contributed by atoms with E-state index in [9.17, 15) is 15.0 Å². The molecule has 2 N–H and O–H groups in total. The number of fused-ring (bicyclic) bond motifs is 1. The van der Waals surface area contributed by atoms with E-state index >= 15 is 0 Å². The summed E-state index contributed by atoms with van der Waals surface area (Å²) in [5, 5.41) is 21.0. The van der Waals surface area contributed by atoms with E-state index in [1.807, 2.05) is 33.9 Å². The highest BCUT2D eigenvalue weighted by Crippen LogP contribution is 2.50. The molecule has 0 saturated heterocycles. The number of hydrogen-bond donors (Lipinski definition) is 2. The number of hydrogen-bond acceptors (Lipinski definition) is 4. The third-order valence-corrected chi connectivity index (χ3v) is 7.62. The number of likely N-dealkylation sites (N-methyl/N-ethyl adjacent to an activating group) is 1. The van der Waals surface area contributed by atoms with Gasteiger partial charge in [-0.2, -0.15) is 0 Å². The molecule has 0 spiro atoms. The van der Waals surface area contributed by atoms with Gasteiger partial charge in [-0.25, -0.2) is 0 Å². The lowest BCUT2D eigenvalue weighted by atomic mass is 9.89. The van der Waals surface area contributed by atoms with Crippen molar-refractivity contribution < 1.29 is 19.7 Å². The first kappa shape index (κ1) is 23.5. The zero-order valence-electron chi connectivity index (χ0n) is 19.2. The van der Waals surface area contributed by atoms with Crippen molar-refractivity contribution in [1.82, 2.24) is 4.90 Å². The number of carbonyl (C=O) groups excluding carboxylic acids is 1. The molecule has 0 aromatic heterocycles. The maximum atomic E-state index is 12.2. The summed E-state index contributed by atoms with van der Waals surface area (Å²) in [5.74, 6) is 1.50. The summed E-state index contributed by atoms with van der Waals surface area (Å²) in [7, 11) is 1.81. The summed E-state index contributed by atoms with van der Waals surface area (Å²) in [6, 6.07) is 0. The largest absolute Gasteiger partial charge is 0.392 e. The zero-order valence-corrected chi connectivity index (χ0v) is 19.2. The second-order valence-electron chi connectivity index (χ2n) is 10.6. The predicted molar refractivity (Wildman–Crippen MR) is 119 cm³/mol. The van der Waals surface area contributed by atoms with Gasteiger partial charge in [0.1, 0.15) is 6.61 Å². The summed E-state index contributed by atoms with van der Waals surface area (Å²) < 4.78 is 5.62. The van der Waals surface area contributed by atoms with Crippen molar-refractivity contribution in [3.63, 3.8) is 0 Å². The Kier molecular flexibility index (Phi) is 7.81. The van der Waals surface area contributed by atoms with Crippen molar-refractivity contribution in [2.45, 2.75) is 83.5 Å². The van der Waals surface area contributed by atoms with E-state index in [4.69, 9.17) is 4.74 Å². The van der Waals surface area contributed by atoms with E-state index in [0.717, 1.165) is 32.1 Å². The van der Waals surface area contributed by atoms with Crippen LogP contribution in [0.4, 0.5) is 0 Å². The van der Waals surface area contributed by atoms with Gasteiger partial charge in [-0.1, -0.05) is 36.6 Å². The van der Waals surface area contributed by atoms with Gasteiger partial charge in [-0.15, -0.1) is 0 Å². The first-order valence-electron chi connectivity index (χ1n) is 11.7. The molecule has 0 bridgehead atoms. The molecule has 0 aromatic rings. The Bertz CT molecular complexity index is 644. The summed E-state index contributed by atoms with van der Waals surface area (Å²) in [6.07, 6.45) is 13.0. The SMILES string of the molecule is CN(C(=O)COCC=C1C[C@H]2C[C@@H](O)[C@H](C=C[C@@H](O)C3CCCC3)[C@H]2C1)C(C)(C)C. The van der Waals surface area contributed by atoms with Crippen LogP contribution in [0.3, 0.4) is 0 Å². The summed E-state index contributed by atoms with van der Waals surface area (Å²) >= 11 is 0. The van der Waals surface area contributed by atoms with E-state index in [-0.39, 0.29) is 36.2 Å². The van der Waals surface area contributed by atoms with Gasteiger partial charge in [-0.3, -0.25) is 4.79 Å². The minimum atomic E-state index is -0.368. The number of rotatable bonds is 7. The Morgan fingerprint density at radius 2 is 1.97 bits per heavy atom. The summed E-state index contributed by atoms with van der Waals surface area (Å²) in [4.78, 5) is 13.9. The zero-order chi connectivity index (χ0) is 21.9. The number of nitrogens with zero attached hydrogens (tertiary/aromatic N) is 1. The maximum Gasteiger partial charge on any atom is 0.248 e. The van der Waals surface area contributed by atoms with Crippen LogP contribution in [-0.2, 0) is 9.53 Å². The fourth-order valence-electron chi connectivity index (χ4n) is 5.43. The van der Waals surface area contributed by atoms with Crippen LogP contribution in [0.5, 0.6) is 0 Å². The van der Waals surface area contributed by atoms with Gasteiger partial charge < -0.3 is 19.8 Å². The lowest BCUT2D eigenvalue weighted by Gasteiger charge is -2.31. The third kappa shape index (κ3) is 5.74. The Hall–Kier alpha value is -1.17. The van der Waals surface area contributed by atoms with Crippen LogP contribution in [0.15, 0.2) is 23.8 Å². The molecule has 0 unspecified atom stereocenters. The average Bonchev–Trinajstić information content (AvgIpc) is 3.39. The molecule has 5 heteroatoms. The van der Waals surface area contributed by atoms with Crippen molar-refractivity contribution in [2.24, 2.45) is 23.7 Å². The van der Waals surface area contributed by atoms with E-state index in [2.05, 4.69) is 12.2 Å². The number of carbonyl (C=O) groups is 1. The van der Waals surface area contributed by atoms with Crippen LogP contribution < -0.4 is 0 Å². The van der Waals surface area contributed by atoms with Gasteiger partial charge in [-0.05, 0) is 70.6 Å². The van der Waals surface area contributed by atoms with E-state index < -0.39 is 0 Å². The van der Waals surface area contributed by atoms with Crippen LogP contribution in [0.1, 0.15) is 65.7 Å². The Morgan fingerprint density at radius 3 is 2.63 bits per heavy atom. The van der Waals surface area contributed by atoms with Gasteiger partial charge in [0.25, 0.3) is 0 Å². The smallest absolute Gasteiger partial charge is 0.248 e. The van der Waals surface area contributed by atoms with Gasteiger partial charge in [0.05, 0.1) is 18.8 Å². The quantitative estimate of drug-likeness (QED) is 0.488. The lowest BCUT2D eigenvalue weighted by molar-refractivity contribution is -0.138. The topological polar surface area (TPSA) is 70.0 Å².